The van der Waals surface area contributed by atoms with Crippen molar-refractivity contribution < 1.29 is 9.50 Å². The average molecular weight is 188 g/mol. The molecule has 1 saturated carbocycles. The zero-order valence-electron chi connectivity index (χ0n) is 8.94. The number of alkyl halides is 1. The number of halogens is 1. The molecule has 0 heterocycles. The van der Waals surface area contributed by atoms with E-state index in [-0.39, 0.29) is 0 Å². The topological polar surface area (TPSA) is 20.2 Å². The normalized spacial score (nSPS) is 41.1. The summed E-state index contributed by atoms with van der Waals surface area (Å²) in [5.41, 5.74) is -1.89. The van der Waals surface area contributed by atoms with Gasteiger partial charge in [0.25, 0.3) is 0 Å². The third-order valence-corrected chi connectivity index (χ3v) is 2.83. The minimum atomic E-state index is -1.15. The summed E-state index contributed by atoms with van der Waals surface area (Å²) in [5.74, 6) is 0.443. The van der Waals surface area contributed by atoms with Crippen molar-refractivity contribution in [3.8, 4) is 0 Å². The predicted octanol–water partition coefficient (Wildman–Crippen LogP) is 3.07. The van der Waals surface area contributed by atoms with E-state index in [1.54, 1.807) is 6.92 Å². The van der Waals surface area contributed by atoms with Gasteiger partial charge in [0.1, 0.15) is 5.67 Å². The van der Waals surface area contributed by atoms with Crippen molar-refractivity contribution in [1.29, 1.82) is 0 Å². The summed E-state index contributed by atoms with van der Waals surface area (Å²) in [4.78, 5) is 0. The molecule has 0 aromatic carbocycles. The van der Waals surface area contributed by atoms with Gasteiger partial charge in [0, 0.05) is 6.42 Å². The van der Waals surface area contributed by atoms with Crippen LogP contribution in [-0.2, 0) is 0 Å². The molecule has 1 fully saturated rings. The fourth-order valence-electron chi connectivity index (χ4n) is 2.58. The Hall–Kier alpha value is -0.110. The lowest BCUT2D eigenvalue weighted by Crippen LogP contribution is -2.42. The second kappa shape index (κ2) is 3.56. The van der Waals surface area contributed by atoms with Crippen molar-refractivity contribution in [2.75, 3.05) is 0 Å². The Labute approximate surface area is 80.3 Å². The highest BCUT2D eigenvalue weighted by Gasteiger charge is 2.41. The van der Waals surface area contributed by atoms with Crippen LogP contribution in [0.3, 0.4) is 0 Å². The van der Waals surface area contributed by atoms with Gasteiger partial charge >= 0.3 is 0 Å². The summed E-state index contributed by atoms with van der Waals surface area (Å²) < 4.78 is 13.7. The summed E-state index contributed by atoms with van der Waals surface area (Å²) in [6, 6.07) is 0. The van der Waals surface area contributed by atoms with Crippen LogP contribution in [0.5, 0.6) is 0 Å². The molecule has 0 saturated heterocycles. The minimum Gasteiger partial charge on any atom is -0.390 e. The van der Waals surface area contributed by atoms with E-state index in [1.165, 1.54) is 0 Å². The molecule has 13 heavy (non-hydrogen) atoms. The van der Waals surface area contributed by atoms with Crippen molar-refractivity contribution >= 4 is 0 Å². The first-order chi connectivity index (χ1) is 5.83. The van der Waals surface area contributed by atoms with Crippen molar-refractivity contribution in [3.63, 3.8) is 0 Å². The predicted molar refractivity (Wildman–Crippen MR) is 52.4 cm³/mol. The summed E-state index contributed by atoms with van der Waals surface area (Å²) in [5, 5.41) is 10.1. The minimum absolute atomic E-state index is 0.318. The molecule has 0 bridgehead atoms. The maximum absolute atomic E-state index is 13.7. The second-order valence-corrected chi connectivity index (χ2v) is 5.27. The molecule has 2 atom stereocenters. The van der Waals surface area contributed by atoms with Gasteiger partial charge in [0.2, 0.25) is 0 Å². The Balaban J connectivity index is 2.58. The Morgan fingerprint density at radius 3 is 2.46 bits per heavy atom. The van der Waals surface area contributed by atoms with Gasteiger partial charge in [0.05, 0.1) is 5.60 Å². The monoisotopic (exact) mass is 188 g/mol. The highest BCUT2D eigenvalue weighted by Crippen LogP contribution is 2.40. The molecule has 0 amide bonds. The molecule has 1 aliphatic rings. The standard InChI is InChI=1S/C11H21FO/c1-9(2)7-11(13)6-4-5-10(3,12)8-11/h9,13H,4-8H2,1-3H3/t10?,11-/m1/s1. The Bertz CT molecular complexity index is 177. The van der Waals surface area contributed by atoms with E-state index < -0.39 is 11.3 Å². The zero-order chi connectivity index (χ0) is 10.1. The van der Waals surface area contributed by atoms with Crippen LogP contribution < -0.4 is 0 Å². The molecule has 0 spiro atoms. The quantitative estimate of drug-likeness (QED) is 0.706. The van der Waals surface area contributed by atoms with Crippen LogP contribution in [0.1, 0.15) is 52.9 Å². The Morgan fingerprint density at radius 2 is 2.00 bits per heavy atom. The van der Waals surface area contributed by atoms with E-state index in [2.05, 4.69) is 13.8 Å². The first kappa shape index (κ1) is 11.0. The van der Waals surface area contributed by atoms with E-state index >= 15 is 0 Å². The van der Waals surface area contributed by atoms with Crippen molar-refractivity contribution in [2.45, 2.75) is 64.1 Å². The van der Waals surface area contributed by atoms with E-state index in [4.69, 9.17) is 0 Å². The van der Waals surface area contributed by atoms with Gasteiger partial charge in [-0.05, 0) is 38.5 Å². The fourth-order valence-corrected chi connectivity index (χ4v) is 2.58. The van der Waals surface area contributed by atoms with Gasteiger partial charge in [-0.15, -0.1) is 0 Å². The fraction of sp³-hybridized carbons (Fsp3) is 1.00. The largest absolute Gasteiger partial charge is 0.390 e. The molecule has 1 nitrogen and oxygen atoms in total. The summed E-state index contributed by atoms with van der Waals surface area (Å²) in [7, 11) is 0. The number of rotatable bonds is 2. The molecular weight excluding hydrogens is 167 g/mol. The molecule has 1 rings (SSSR count). The van der Waals surface area contributed by atoms with Crippen LogP contribution in [0.15, 0.2) is 0 Å². The third kappa shape index (κ3) is 3.26. The van der Waals surface area contributed by atoms with Crippen molar-refractivity contribution in [2.24, 2.45) is 5.92 Å². The average Bonchev–Trinajstić information content (AvgIpc) is 1.79. The first-order valence-electron chi connectivity index (χ1n) is 5.24. The summed E-state index contributed by atoms with van der Waals surface area (Å²) in [6.45, 7) is 5.75. The zero-order valence-corrected chi connectivity index (χ0v) is 8.94. The van der Waals surface area contributed by atoms with E-state index in [9.17, 15) is 9.50 Å². The van der Waals surface area contributed by atoms with E-state index in [0.29, 0.717) is 18.8 Å². The lowest BCUT2D eigenvalue weighted by Gasteiger charge is -2.40. The molecular formula is C11H21FO. The maximum Gasteiger partial charge on any atom is 0.111 e. The number of hydrogen-bond donors (Lipinski definition) is 1. The summed E-state index contributed by atoms with van der Waals surface area (Å²) in [6.07, 6.45) is 3.24. The van der Waals surface area contributed by atoms with E-state index in [1.807, 2.05) is 0 Å². The highest BCUT2D eigenvalue weighted by atomic mass is 19.1. The molecule has 1 aliphatic carbocycles. The molecule has 78 valence electrons. The summed E-state index contributed by atoms with van der Waals surface area (Å²) >= 11 is 0. The van der Waals surface area contributed by atoms with Gasteiger partial charge in [0.15, 0.2) is 0 Å². The van der Waals surface area contributed by atoms with Crippen molar-refractivity contribution in [3.05, 3.63) is 0 Å². The van der Waals surface area contributed by atoms with Gasteiger partial charge in [-0.2, -0.15) is 0 Å². The SMILES string of the molecule is CC(C)C[C@]1(O)CCCC(C)(F)C1. The second-order valence-electron chi connectivity index (χ2n) is 5.27. The van der Waals surface area contributed by atoms with E-state index in [0.717, 1.165) is 19.3 Å². The van der Waals surface area contributed by atoms with Crippen LogP contribution in [0.4, 0.5) is 4.39 Å². The Kier molecular flexibility index (Phi) is 3.01. The number of hydrogen-bond acceptors (Lipinski definition) is 1. The molecule has 2 heteroatoms. The van der Waals surface area contributed by atoms with Crippen LogP contribution in [0.2, 0.25) is 0 Å². The number of aliphatic hydroxyl groups is 1. The van der Waals surface area contributed by atoms with Crippen molar-refractivity contribution in [1.82, 2.24) is 0 Å². The van der Waals surface area contributed by atoms with Crippen LogP contribution in [0.25, 0.3) is 0 Å². The van der Waals surface area contributed by atoms with Gasteiger partial charge < -0.3 is 5.11 Å². The lowest BCUT2D eigenvalue weighted by molar-refractivity contribution is -0.0679. The van der Waals surface area contributed by atoms with Gasteiger partial charge in [-0.25, -0.2) is 4.39 Å². The maximum atomic E-state index is 13.7. The molecule has 0 aromatic heterocycles. The van der Waals surface area contributed by atoms with Crippen LogP contribution >= 0.6 is 0 Å². The molecule has 0 aromatic rings. The lowest BCUT2D eigenvalue weighted by atomic mass is 9.73. The van der Waals surface area contributed by atoms with Gasteiger partial charge in [-0.3, -0.25) is 0 Å². The molecule has 1 N–H and O–H groups in total. The van der Waals surface area contributed by atoms with Crippen LogP contribution in [-0.4, -0.2) is 16.4 Å². The first-order valence-corrected chi connectivity index (χ1v) is 5.24. The highest BCUT2D eigenvalue weighted by molar-refractivity contribution is 4.93. The molecule has 0 radical (unpaired) electrons. The molecule has 0 aliphatic heterocycles. The Morgan fingerprint density at radius 1 is 1.38 bits per heavy atom. The molecule has 1 unspecified atom stereocenters. The smallest absolute Gasteiger partial charge is 0.111 e. The third-order valence-electron chi connectivity index (χ3n) is 2.83. The van der Waals surface area contributed by atoms with Gasteiger partial charge in [-0.1, -0.05) is 13.8 Å². The van der Waals surface area contributed by atoms with Crippen LogP contribution in [0, 0.1) is 5.92 Å².